The molecule has 0 atom stereocenters. The molecule has 1 amide bonds. The Bertz CT molecular complexity index is 1340. The highest BCUT2D eigenvalue weighted by Crippen LogP contribution is 2.33. The highest BCUT2D eigenvalue weighted by atomic mass is 16.5. The van der Waals surface area contributed by atoms with E-state index in [0.29, 0.717) is 17.3 Å². The smallest absolute Gasteiger partial charge is 0.263 e. The number of hydrogen-bond donors (Lipinski definition) is 1. The molecule has 1 fully saturated rings. The molecular formula is C23H20N6O3. The fraction of sp³-hybridized carbons (Fsp3) is 0.174. The third-order valence-corrected chi connectivity index (χ3v) is 5.11. The summed E-state index contributed by atoms with van der Waals surface area (Å²) in [6, 6.07) is 10.3. The highest BCUT2D eigenvalue weighted by molar-refractivity contribution is 6.03. The first-order chi connectivity index (χ1) is 15.6. The summed E-state index contributed by atoms with van der Waals surface area (Å²) in [6.07, 6.45) is 10.4. The number of nitrogens with one attached hydrogen (secondary N) is 1. The van der Waals surface area contributed by atoms with E-state index in [0.717, 1.165) is 24.1 Å². The number of anilines is 1. The second-order valence-electron chi connectivity index (χ2n) is 7.58. The summed E-state index contributed by atoms with van der Waals surface area (Å²) in [5, 5.41) is 6.83. The lowest BCUT2D eigenvalue weighted by atomic mass is 10.2. The maximum Gasteiger partial charge on any atom is 0.263 e. The molecule has 0 saturated heterocycles. The number of aromatic nitrogens is 5. The molecule has 5 rings (SSSR count). The molecule has 0 spiro atoms. The molecule has 9 nitrogen and oxygen atoms in total. The molecule has 4 aromatic rings. The van der Waals surface area contributed by atoms with Crippen LogP contribution in [-0.4, -0.2) is 30.2 Å². The Morgan fingerprint density at radius 2 is 2.00 bits per heavy atom. The molecule has 160 valence electrons. The number of carbonyl (C=O) groups is 1. The van der Waals surface area contributed by atoms with Crippen LogP contribution in [0, 0.1) is 0 Å². The number of rotatable bonds is 6. The van der Waals surface area contributed by atoms with Gasteiger partial charge in [-0.3, -0.25) is 19.3 Å². The zero-order chi connectivity index (χ0) is 22.1. The van der Waals surface area contributed by atoms with Crippen molar-refractivity contribution in [2.45, 2.75) is 18.9 Å². The topological polar surface area (TPSA) is 104 Å². The van der Waals surface area contributed by atoms with Gasteiger partial charge in [-0.1, -0.05) is 0 Å². The average Bonchev–Trinajstić information content (AvgIpc) is 3.55. The van der Waals surface area contributed by atoms with Crippen LogP contribution in [0.15, 0.2) is 72.2 Å². The third kappa shape index (κ3) is 4.13. The van der Waals surface area contributed by atoms with Crippen molar-refractivity contribution in [3.8, 4) is 22.8 Å². The molecule has 32 heavy (non-hydrogen) atoms. The molecular weight excluding hydrogens is 408 g/mol. The quantitative estimate of drug-likeness (QED) is 0.505. The third-order valence-electron chi connectivity index (χ3n) is 5.11. The summed E-state index contributed by atoms with van der Waals surface area (Å²) < 4.78 is 9.19. The first-order valence-corrected chi connectivity index (χ1v) is 10.2. The Labute approximate surface area is 183 Å². The Morgan fingerprint density at radius 1 is 1.12 bits per heavy atom. The van der Waals surface area contributed by atoms with Crippen molar-refractivity contribution in [3.63, 3.8) is 0 Å². The van der Waals surface area contributed by atoms with Crippen LogP contribution in [0.3, 0.4) is 0 Å². The van der Waals surface area contributed by atoms with Gasteiger partial charge in [0.1, 0.15) is 22.9 Å². The second-order valence-corrected chi connectivity index (χ2v) is 7.58. The van der Waals surface area contributed by atoms with Crippen LogP contribution in [-0.2, 0) is 7.05 Å². The maximum absolute atomic E-state index is 12.6. The monoisotopic (exact) mass is 428 g/mol. The molecule has 4 aromatic heterocycles. The Hall–Kier alpha value is -4.27. The maximum atomic E-state index is 12.6. The molecule has 1 aliphatic rings. The van der Waals surface area contributed by atoms with Gasteiger partial charge in [0.05, 0.1) is 18.1 Å². The number of hydrogen-bond acceptors (Lipinski definition) is 6. The van der Waals surface area contributed by atoms with Gasteiger partial charge in [-0.05, 0) is 43.2 Å². The van der Waals surface area contributed by atoms with E-state index in [1.165, 1.54) is 12.3 Å². The second kappa shape index (κ2) is 8.10. The SMILES string of the molecule is Cn1cc(-c2cc(Oc3ccc(NC(=O)c4cccn(C5CC5)c4=O)nc3)ccn2)cn1. The normalized spacial score (nSPS) is 13.0. The van der Waals surface area contributed by atoms with Crippen LogP contribution < -0.4 is 15.6 Å². The minimum absolute atomic E-state index is 0.0984. The number of aryl methyl sites for hydroxylation is 1. The number of carbonyl (C=O) groups excluding carboxylic acids is 1. The fourth-order valence-corrected chi connectivity index (χ4v) is 3.34. The zero-order valence-electron chi connectivity index (χ0n) is 17.3. The first-order valence-electron chi connectivity index (χ1n) is 10.2. The van der Waals surface area contributed by atoms with Crippen molar-refractivity contribution < 1.29 is 9.53 Å². The summed E-state index contributed by atoms with van der Waals surface area (Å²) in [4.78, 5) is 33.7. The lowest BCUT2D eigenvalue weighted by Crippen LogP contribution is -2.28. The van der Waals surface area contributed by atoms with Crippen LogP contribution in [0.5, 0.6) is 11.5 Å². The van der Waals surface area contributed by atoms with E-state index < -0.39 is 5.91 Å². The van der Waals surface area contributed by atoms with Gasteiger partial charge >= 0.3 is 0 Å². The van der Waals surface area contributed by atoms with E-state index in [-0.39, 0.29) is 17.2 Å². The van der Waals surface area contributed by atoms with Gasteiger partial charge in [-0.2, -0.15) is 5.10 Å². The van der Waals surface area contributed by atoms with Gasteiger partial charge in [0.25, 0.3) is 11.5 Å². The summed E-state index contributed by atoms with van der Waals surface area (Å²) in [5.74, 6) is 0.945. The standard InChI is InChI=1S/C23H20N6O3/c1-28-14-15(12-26-28)20-11-17(8-9-24-20)32-18-6-7-21(25-13-18)27-22(30)19-3-2-10-29(23(19)31)16-4-5-16/h2-3,6-14,16H,4-5H2,1H3,(H,25,27,30). The molecule has 0 radical (unpaired) electrons. The largest absolute Gasteiger partial charge is 0.456 e. The molecule has 0 aliphatic heterocycles. The average molecular weight is 428 g/mol. The van der Waals surface area contributed by atoms with Gasteiger partial charge in [-0.15, -0.1) is 0 Å². The van der Waals surface area contributed by atoms with Crippen LogP contribution in [0.2, 0.25) is 0 Å². The molecule has 9 heteroatoms. The van der Waals surface area contributed by atoms with E-state index in [2.05, 4.69) is 20.4 Å². The van der Waals surface area contributed by atoms with Crippen molar-refractivity contribution in [3.05, 3.63) is 83.3 Å². The highest BCUT2D eigenvalue weighted by Gasteiger charge is 2.26. The fourth-order valence-electron chi connectivity index (χ4n) is 3.34. The minimum atomic E-state index is -0.485. The van der Waals surface area contributed by atoms with Crippen LogP contribution in [0.25, 0.3) is 11.3 Å². The van der Waals surface area contributed by atoms with E-state index in [1.54, 1.807) is 52.1 Å². The molecule has 1 N–H and O–H groups in total. The van der Waals surface area contributed by atoms with Gasteiger partial charge in [0, 0.05) is 43.3 Å². The van der Waals surface area contributed by atoms with Crippen molar-refractivity contribution in [2.75, 3.05) is 5.32 Å². The Morgan fingerprint density at radius 3 is 2.72 bits per heavy atom. The number of nitrogens with zero attached hydrogens (tertiary/aromatic N) is 5. The van der Waals surface area contributed by atoms with E-state index in [1.807, 2.05) is 19.3 Å². The first kappa shape index (κ1) is 19.7. The number of amides is 1. The van der Waals surface area contributed by atoms with E-state index in [9.17, 15) is 9.59 Å². The molecule has 0 bridgehead atoms. The van der Waals surface area contributed by atoms with Gasteiger partial charge in [0.15, 0.2) is 0 Å². The van der Waals surface area contributed by atoms with E-state index in [4.69, 9.17) is 4.74 Å². The van der Waals surface area contributed by atoms with Gasteiger partial charge in [-0.25, -0.2) is 4.98 Å². The zero-order valence-corrected chi connectivity index (χ0v) is 17.3. The van der Waals surface area contributed by atoms with Crippen molar-refractivity contribution in [1.82, 2.24) is 24.3 Å². The van der Waals surface area contributed by atoms with Crippen molar-refractivity contribution in [1.29, 1.82) is 0 Å². The summed E-state index contributed by atoms with van der Waals surface area (Å²) in [6.45, 7) is 0. The molecule has 1 aliphatic carbocycles. The Kier molecular flexibility index (Phi) is 4.98. The molecule has 0 unspecified atom stereocenters. The van der Waals surface area contributed by atoms with Crippen LogP contribution in [0.1, 0.15) is 29.2 Å². The number of pyridine rings is 3. The van der Waals surface area contributed by atoms with Crippen molar-refractivity contribution in [2.24, 2.45) is 7.05 Å². The summed E-state index contributed by atoms with van der Waals surface area (Å²) in [5.41, 5.74) is 1.44. The van der Waals surface area contributed by atoms with Crippen LogP contribution >= 0.6 is 0 Å². The predicted molar refractivity (Wildman–Crippen MR) is 118 cm³/mol. The molecule has 1 saturated carbocycles. The lowest BCUT2D eigenvalue weighted by molar-refractivity contribution is 0.102. The summed E-state index contributed by atoms with van der Waals surface area (Å²) >= 11 is 0. The molecule has 4 heterocycles. The molecule has 0 aromatic carbocycles. The van der Waals surface area contributed by atoms with E-state index >= 15 is 0 Å². The number of ether oxygens (including phenoxy) is 1. The Balaban J connectivity index is 1.27. The minimum Gasteiger partial charge on any atom is -0.456 e. The van der Waals surface area contributed by atoms with Crippen molar-refractivity contribution >= 4 is 11.7 Å². The predicted octanol–water partition coefficient (Wildman–Crippen LogP) is 3.42. The van der Waals surface area contributed by atoms with Crippen LogP contribution in [0.4, 0.5) is 5.82 Å². The van der Waals surface area contributed by atoms with Gasteiger partial charge < -0.3 is 14.6 Å². The summed E-state index contributed by atoms with van der Waals surface area (Å²) in [7, 11) is 1.84. The lowest BCUT2D eigenvalue weighted by Gasteiger charge is -2.09. The van der Waals surface area contributed by atoms with Gasteiger partial charge in [0.2, 0.25) is 0 Å².